The smallest absolute Gasteiger partial charge is 0.233 e. The molecule has 0 radical (unpaired) electrons. The normalized spacial score (nSPS) is 19.5. The average molecular weight is 399 g/mol. The topological polar surface area (TPSA) is 55.3 Å². The Morgan fingerprint density at radius 3 is 2.53 bits per heavy atom. The number of benzene rings is 1. The van der Waals surface area contributed by atoms with Crippen molar-refractivity contribution in [2.45, 2.75) is 37.2 Å². The number of likely N-dealkylation sites (tertiary alicyclic amines) is 1. The molecule has 5 nitrogen and oxygen atoms in total. The van der Waals surface area contributed by atoms with Crippen molar-refractivity contribution in [1.29, 1.82) is 0 Å². The number of amides is 1. The second-order valence-corrected chi connectivity index (χ2v) is 8.23. The Labute approximate surface area is 176 Å². The van der Waals surface area contributed by atoms with Crippen molar-refractivity contribution in [1.82, 2.24) is 14.9 Å². The second-order valence-electron chi connectivity index (χ2n) is 8.23. The summed E-state index contributed by atoms with van der Waals surface area (Å²) in [7, 11) is 0. The molecule has 0 bridgehead atoms. The molecule has 2 aliphatic rings. The van der Waals surface area contributed by atoms with Crippen molar-refractivity contribution in [2.24, 2.45) is 0 Å². The zero-order chi connectivity index (χ0) is 20.4. The summed E-state index contributed by atoms with van der Waals surface area (Å²) in [5.41, 5.74) is 2.94. The van der Waals surface area contributed by atoms with Crippen molar-refractivity contribution in [3.05, 3.63) is 90.0 Å². The van der Waals surface area contributed by atoms with E-state index in [1.54, 1.807) is 6.20 Å². The van der Waals surface area contributed by atoms with Gasteiger partial charge in [-0.3, -0.25) is 14.8 Å². The minimum Gasteiger partial charge on any atom is -0.487 e. The van der Waals surface area contributed by atoms with Gasteiger partial charge in [-0.2, -0.15) is 0 Å². The van der Waals surface area contributed by atoms with Crippen LogP contribution in [0.15, 0.2) is 73.2 Å². The largest absolute Gasteiger partial charge is 0.487 e. The predicted molar refractivity (Wildman–Crippen MR) is 114 cm³/mol. The number of ether oxygens (including phenoxy) is 1. The van der Waals surface area contributed by atoms with E-state index in [1.807, 2.05) is 42.7 Å². The summed E-state index contributed by atoms with van der Waals surface area (Å²) in [6.07, 6.45) is 8.31. The van der Waals surface area contributed by atoms with Crippen LogP contribution in [0.4, 0.5) is 0 Å². The third kappa shape index (κ3) is 3.67. The lowest BCUT2D eigenvalue weighted by Crippen LogP contribution is -2.37. The minimum absolute atomic E-state index is 0.279. The van der Waals surface area contributed by atoms with E-state index >= 15 is 0 Å². The molecule has 1 aromatic carbocycles. The summed E-state index contributed by atoms with van der Waals surface area (Å²) in [6.45, 7) is 2.07. The van der Waals surface area contributed by atoms with Gasteiger partial charge in [-0.25, -0.2) is 0 Å². The first-order valence-corrected chi connectivity index (χ1v) is 10.6. The van der Waals surface area contributed by atoms with Crippen LogP contribution in [0.3, 0.4) is 0 Å². The fourth-order valence-electron chi connectivity index (χ4n) is 4.42. The monoisotopic (exact) mass is 399 g/mol. The number of hydrogen-bond acceptors (Lipinski definition) is 4. The van der Waals surface area contributed by atoms with E-state index in [-0.39, 0.29) is 11.3 Å². The Kier molecular flexibility index (Phi) is 4.95. The number of aromatic nitrogens is 2. The Hall–Kier alpha value is -3.21. The molecule has 2 aromatic heterocycles. The van der Waals surface area contributed by atoms with Gasteiger partial charge in [-0.05, 0) is 66.8 Å². The van der Waals surface area contributed by atoms with Crippen LogP contribution in [0.2, 0.25) is 0 Å². The first kappa shape index (κ1) is 18.8. The number of hydrogen-bond donors (Lipinski definition) is 0. The summed E-state index contributed by atoms with van der Waals surface area (Å²) < 4.78 is 5.84. The van der Waals surface area contributed by atoms with E-state index in [0.717, 1.165) is 49.4 Å². The summed E-state index contributed by atoms with van der Waals surface area (Å²) in [5.74, 6) is 1.49. The Balaban J connectivity index is 1.23. The summed E-state index contributed by atoms with van der Waals surface area (Å²) in [4.78, 5) is 23.8. The van der Waals surface area contributed by atoms with Gasteiger partial charge in [0.25, 0.3) is 0 Å². The fraction of sp³-hybridized carbons (Fsp3) is 0.320. The lowest BCUT2D eigenvalue weighted by atomic mass is 9.94. The SMILES string of the molecule is O=C(N1CCC(c2ccncc2)C1)C1(c2ccc(OCc3ccccn3)cc2)CC1. The highest BCUT2D eigenvalue weighted by Gasteiger charge is 2.53. The first-order valence-electron chi connectivity index (χ1n) is 10.6. The van der Waals surface area contributed by atoms with Gasteiger partial charge in [0.15, 0.2) is 0 Å². The molecule has 1 unspecified atom stereocenters. The van der Waals surface area contributed by atoms with Crippen LogP contribution in [-0.4, -0.2) is 33.9 Å². The predicted octanol–water partition coefficient (Wildman–Crippen LogP) is 4.10. The molecule has 0 N–H and O–H groups in total. The molecule has 1 saturated heterocycles. The maximum Gasteiger partial charge on any atom is 0.233 e. The van der Waals surface area contributed by atoms with Gasteiger partial charge in [0.1, 0.15) is 12.4 Å². The molecule has 5 heteroatoms. The number of rotatable bonds is 6. The Morgan fingerprint density at radius 2 is 1.83 bits per heavy atom. The van der Waals surface area contributed by atoms with Crippen LogP contribution in [0.1, 0.15) is 42.0 Å². The van der Waals surface area contributed by atoms with E-state index in [2.05, 4.69) is 39.1 Å². The molecule has 30 heavy (non-hydrogen) atoms. The molecule has 1 aliphatic carbocycles. The molecule has 152 valence electrons. The van der Waals surface area contributed by atoms with Crippen molar-refractivity contribution >= 4 is 5.91 Å². The molecule has 3 aromatic rings. The van der Waals surface area contributed by atoms with Crippen molar-refractivity contribution in [3.8, 4) is 5.75 Å². The van der Waals surface area contributed by atoms with E-state index in [0.29, 0.717) is 12.5 Å². The molecular weight excluding hydrogens is 374 g/mol. The van der Waals surface area contributed by atoms with Crippen LogP contribution < -0.4 is 4.74 Å². The number of carbonyl (C=O) groups is 1. The zero-order valence-corrected chi connectivity index (χ0v) is 16.9. The molecule has 1 amide bonds. The number of pyridine rings is 2. The van der Waals surface area contributed by atoms with Crippen molar-refractivity contribution in [3.63, 3.8) is 0 Å². The third-order valence-electron chi connectivity index (χ3n) is 6.33. The summed E-state index contributed by atoms with van der Waals surface area (Å²) in [5, 5.41) is 0. The fourth-order valence-corrected chi connectivity index (χ4v) is 4.42. The van der Waals surface area contributed by atoms with Crippen LogP contribution in [0.25, 0.3) is 0 Å². The highest BCUT2D eigenvalue weighted by molar-refractivity contribution is 5.91. The van der Waals surface area contributed by atoms with E-state index in [1.165, 1.54) is 5.56 Å². The molecule has 3 heterocycles. The zero-order valence-electron chi connectivity index (χ0n) is 16.9. The minimum atomic E-state index is -0.341. The molecule has 1 saturated carbocycles. The quantitative estimate of drug-likeness (QED) is 0.626. The van der Waals surface area contributed by atoms with Crippen LogP contribution in [0, 0.1) is 0 Å². The highest BCUT2D eigenvalue weighted by atomic mass is 16.5. The van der Waals surface area contributed by atoms with Gasteiger partial charge in [-0.15, -0.1) is 0 Å². The maximum atomic E-state index is 13.4. The van der Waals surface area contributed by atoms with E-state index in [9.17, 15) is 4.79 Å². The first-order chi connectivity index (χ1) is 14.7. The lowest BCUT2D eigenvalue weighted by Gasteiger charge is -2.24. The van der Waals surface area contributed by atoms with Gasteiger partial charge >= 0.3 is 0 Å². The van der Waals surface area contributed by atoms with Gasteiger partial charge in [0.2, 0.25) is 5.91 Å². The van der Waals surface area contributed by atoms with Crippen LogP contribution >= 0.6 is 0 Å². The number of carbonyl (C=O) groups excluding carboxylic acids is 1. The molecule has 2 fully saturated rings. The Bertz CT molecular complexity index is 1000. The number of nitrogens with zero attached hydrogens (tertiary/aromatic N) is 3. The molecule has 0 spiro atoms. The average Bonchev–Trinajstić information content (AvgIpc) is 3.48. The lowest BCUT2D eigenvalue weighted by molar-refractivity contribution is -0.132. The standard InChI is InChI=1S/C25H25N3O2/c29-24(28-16-10-20(17-28)19-8-14-26-15-9-19)25(11-12-25)21-4-6-23(7-5-21)30-18-22-3-1-2-13-27-22/h1-9,13-15,20H,10-12,16-18H2. The maximum absolute atomic E-state index is 13.4. The van der Waals surface area contributed by atoms with Crippen LogP contribution in [-0.2, 0) is 16.8 Å². The molecular formula is C25H25N3O2. The van der Waals surface area contributed by atoms with Crippen molar-refractivity contribution in [2.75, 3.05) is 13.1 Å². The van der Waals surface area contributed by atoms with Gasteiger partial charge < -0.3 is 9.64 Å². The van der Waals surface area contributed by atoms with Gasteiger partial charge in [-0.1, -0.05) is 18.2 Å². The highest BCUT2D eigenvalue weighted by Crippen LogP contribution is 2.50. The molecule has 1 aliphatic heterocycles. The van der Waals surface area contributed by atoms with Gasteiger partial charge in [0, 0.05) is 37.6 Å². The summed E-state index contributed by atoms with van der Waals surface area (Å²) in [6, 6.07) is 18.0. The summed E-state index contributed by atoms with van der Waals surface area (Å²) >= 11 is 0. The van der Waals surface area contributed by atoms with E-state index in [4.69, 9.17) is 4.74 Å². The second kappa shape index (κ2) is 7.90. The molecule has 1 atom stereocenters. The van der Waals surface area contributed by atoms with Crippen LogP contribution in [0.5, 0.6) is 5.75 Å². The van der Waals surface area contributed by atoms with Crippen molar-refractivity contribution < 1.29 is 9.53 Å². The van der Waals surface area contributed by atoms with Gasteiger partial charge in [0.05, 0.1) is 11.1 Å². The molecule has 5 rings (SSSR count). The van der Waals surface area contributed by atoms with E-state index < -0.39 is 0 Å². The third-order valence-corrected chi connectivity index (χ3v) is 6.33. The Morgan fingerprint density at radius 1 is 1.03 bits per heavy atom.